The van der Waals surface area contributed by atoms with E-state index in [-0.39, 0.29) is 59.9 Å². The van der Waals surface area contributed by atoms with Crippen molar-refractivity contribution in [3.8, 4) is 11.6 Å². The molecule has 0 radical (unpaired) electrons. The topological polar surface area (TPSA) is 115 Å². The number of hydrogen-bond donors (Lipinski definition) is 1. The van der Waals surface area contributed by atoms with Crippen LogP contribution >= 0.6 is 15.9 Å². The van der Waals surface area contributed by atoms with Gasteiger partial charge in [-0.25, -0.2) is 4.39 Å². The highest BCUT2D eigenvalue weighted by Crippen LogP contribution is 2.60. The third kappa shape index (κ3) is 8.04. The van der Waals surface area contributed by atoms with Gasteiger partial charge in [-0.2, -0.15) is 0 Å². The Bertz CT molecular complexity index is 2410. The number of benzene rings is 3. The van der Waals surface area contributed by atoms with Crippen molar-refractivity contribution in [2.75, 3.05) is 27.2 Å². The molecular weight excluding hydrogens is 882 g/mol. The van der Waals surface area contributed by atoms with Gasteiger partial charge in [0.15, 0.2) is 25.5 Å². The lowest BCUT2D eigenvalue weighted by Crippen LogP contribution is -2.65. The highest BCUT2D eigenvalue weighted by atomic mass is 79.9. The molecule has 0 amide bonds. The number of carbonyl (C=O) groups excluding carboxylic acids is 2. The van der Waals surface area contributed by atoms with Gasteiger partial charge in [0.25, 0.3) is 5.88 Å². The first kappa shape index (κ1) is 46.8. The average Bonchev–Trinajstić information content (AvgIpc) is 3.63. The SMILES string of the molecule is CCN(CC(C)C)C(C)(C)c1c(F)c2c(c(OCc3ccccc3)c1Br)C(=O)C1=C(O)[C@]3(O[Si](C)(C)C(C)(C)C)C(=O)c4c(OCc5ccccc5)noc4[C@@H](N(C)C)[C@@H]3C[C@@H]1C2. The molecule has 1 heterocycles. The lowest BCUT2D eigenvalue weighted by molar-refractivity contribution is -0.0481. The highest BCUT2D eigenvalue weighted by molar-refractivity contribution is 9.10. The molecule has 3 aromatic carbocycles. The second kappa shape index (κ2) is 17.3. The molecule has 0 fully saturated rings. The van der Waals surface area contributed by atoms with Crippen molar-refractivity contribution in [2.45, 2.75) is 117 Å². The van der Waals surface area contributed by atoms with Crippen molar-refractivity contribution in [3.63, 3.8) is 0 Å². The van der Waals surface area contributed by atoms with Crippen LogP contribution in [0.25, 0.3) is 0 Å². The maximum absolute atomic E-state index is 17.9. The largest absolute Gasteiger partial charge is 0.508 e. The van der Waals surface area contributed by atoms with Crippen molar-refractivity contribution in [3.05, 3.63) is 121 Å². The monoisotopic (exact) mass is 943 g/mol. The zero-order valence-electron chi connectivity index (χ0n) is 38.8. The van der Waals surface area contributed by atoms with Crippen LogP contribution in [0.5, 0.6) is 11.6 Å². The Kier molecular flexibility index (Phi) is 12.9. The number of carbonyl (C=O) groups is 2. The number of ether oxygens (including phenoxy) is 2. The third-order valence-corrected chi connectivity index (χ3v) is 19.1. The Hall–Kier alpha value is -4.14. The zero-order chi connectivity index (χ0) is 46.0. The van der Waals surface area contributed by atoms with E-state index in [0.29, 0.717) is 28.3 Å². The number of rotatable bonds is 14. The van der Waals surface area contributed by atoms with Crippen LogP contribution in [0.1, 0.15) is 117 Å². The minimum atomic E-state index is -2.96. The third-order valence-electron chi connectivity index (χ3n) is 13.9. The number of nitrogens with zero attached hydrogens (tertiary/aromatic N) is 3. The Balaban J connectivity index is 1.46. The Morgan fingerprint density at radius 3 is 2.10 bits per heavy atom. The summed E-state index contributed by atoms with van der Waals surface area (Å²) in [5.41, 5.74) is -0.354. The fraction of sp³-hybridized carbons (Fsp3) is 0.500. The zero-order valence-corrected chi connectivity index (χ0v) is 41.4. The standard InChI is InChI=1S/C50H63BrFN3O7Si/c1-13-55(26-29(2)3)49(7,8)38-39(51)43(59-27-30-20-16-14-17-21-30)36-33(40(38)52)24-32-25-34-41(54(9)10)44-37(47(53-61-44)60-28-31-22-18-15-19-23-31)46(58)50(34,45(57)35(32)42(36)56)62-63(11,12)48(4,5)6/h14-23,29,32,34,41,57H,13,24-28H2,1-12H3/t32-,34-,41-,50-/m0/s1. The van der Waals surface area contributed by atoms with Crippen molar-refractivity contribution in [1.29, 1.82) is 0 Å². The number of aliphatic hydroxyl groups is 1. The van der Waals surface area contributed by atoms with E-state index < -0.39 is 65.5 Å². The maximum Gasteiger partial charge on any atom is 0.265 e. The molecule has 338 valence electrons. The normalized spacial score (nSPS) is 21.4. The molecule has 4 atom stereocenters. The van der Waals surface area contributed by atoms with Crippen molar-refractivity contribution < 1.29 is 37.5 Å². The Morgan fingerprint density at radius 2 is 1.56 bits per heavy atom. The number of aromatic nitrogens is 1. The molecule has 0 aliphatic heterocycles. The van der Waals surface area contributed by atoms with Gasteiger partial charge in [-0.1, -0.05) is 102 Å². The van der Waals surface area contributed by atoms with E-state index in [1.54, 1.807) is 0 Å². The van der Waals surface area contributed by atoms with Crippen LogP contribution in [0.4, 0.5) is 4.39 Å². The Morgan fingerprint density at radius 1 is 0.968 bits per heavy atom. The molecular formula is C50H63BrFN3O7Si. The van der Waals surface area contributed by atoms with Crippen molar-refractivity contribution in [2.24, 2.45) is 17.8 Å². The number of Topliss-reactive ketones (excluding diaryl/α,β-unsaturated/α-hetero) is 2. The van der Waals surface area contributed by atoms with Crippen LogP contribution in [-0.2, 0) is 29.6 Å². The minimum absolute atomic E-state index is 0.0149. The molecule has 0 unspecified atom stereocenters. The first-order valence-electron chi connectivity index (χ1n) is 22.1. The molecule has 4 aromatic rings. The van der Waals surface area contributed by atoms with E-state index in [0.717, 1.165) is 17.7 Å². The van der Waals surface area contributed by atoms with Crippen LogP contribution in [-0.4, -0.2) is 72.7 Å². The van der Waals surface area contributed by atoms with Gasteiger partial charge in [0.1, 0.15) is 36.1 Å². The first-order chi connectivity index (χ1) is 29.6. The lowest BCUT2D eigenvalue weighted by Gasteiger charge is -2.55. The molecule has 0 bridgehead atoms. The van der Waals surface area contributed by atoms with E-state index >= 15 is 14.0 Å². The minimum Gasteiger partial charge on any atom is -0.508 e. The molecule has 0 saturated heterocycles. The van der Waals surface area contributed by atoms with Crippen LogP contribution < -0.4 is 9.47 Å². The van der Waals surface area contributed by atoms with Crippen LogP contribution in [0.15, 0.2) is 81.0 Å². The number of halogens is 2. The number of allylic oxidation sites excluding steroid dienone is 1. The summed E-state index contributed by atoms with van der Waals surface area (Å²) < 4.78 is 44.5. The molecule has 10 nitrogen and oxygen atoms in total. The molecule has 0 saturated carbocycles. The highest BCUT2D eigenvalue weighted by Gasteiger charge is 2.67. The Labute approximate surface area is 381 Å². The predicted octanol–water partition coefficient (Wildman–Crippen LogP) is 11.4. The van der Waals surface area contributed by atoms with E-state index in [1.165, 1.54) is 0 Å². The number of fused-ring (bicyclic) bond motifs is 4. The average molecular weight is 945 g/mol. The fourth-order valence-electron chi connectivity index (χ4n) is 9.76. The van der Waals surface area contributed by atoms with Crippen LogP contribution in [0.3, 0.4) is 0 Å². The molecule has 1 aromatic heterocycles. The summed E-state index contributed by atoms with van der Waals surface area (Å²) in [6, 6.07) is 18.5. The summed E-state index contributed by atoms with van der Waals surface area (Å²) in [5.74, 6) is -2.76. The van der Waals surface area contributed by atoms with Gasteiger partial charge in [0.2, 0.25) is 5.78 Å². The molecule has 0 spiro atoms. The quantitative estimate of drug-likeness (QED) is 0.123. The van der Waals surface area contributed by atoms with Gasteiger partial charge in [-0.05, 0) is 110 Å². The van der Waals surface area contributed by atoms with E-state index in [4.69, 9.17) is 18.4 Å². The molecule has 63 heavy (non-hydrogen) atoms. The summed E-state index contributed by atoms with van der Waals surface area (Å²) in [6.45, 7) is 22.2. The molecule has 1 N–H and O–H groups in total. The smallest absolute Gasteiger partial charge is 0.265 e. The van der Waals surface area contributed by atoms with E-state index in [9.17, 15) is 5.11 Å². The predicted molar refractivity (Wildman–Crippen MR) is 248 cm³/mol. The second-order valence-corrected chi connectivity index (χ2v) is 25.6. The molecule has 13 heteroatoms. The van der Waals surface area contributed by atoms with Crippen molar-refractivity contribution in [1.82, 2.24) is 15.0 Å². The van der Waals surface area contributed by atoms with Gasteiger partial charge < -0.3 is 23.5 Å². The second-order valence-electron chi connectivity index (χ2n) is 20.1. The van der Waals surface area contributed by atoms with Gasteiger partial charge >= 0.3 is 0 Å². The maximum atomic E-state index is 17.9. The summed E-state index contributed by atoms with van der Waals surface area (Å²) >= 11 is 3.80. The van der Waals surface area contributed by atoms with Gasteiger partial charge in [-0.15, -0.1) is 0 Å². The summed E-state index contributed by atoms with van der Waals surface area (Å²) in [5, 5.41) is 17.1. The summed E-state index contributed by atoms with van der Waals surface area (Å²) in [7, 11) is 0.794. The number of aliphatic hydroxyl groups excluding tert-OH is 1. The van der Waals surface area contributed by atoms with Crippen LogP contribution in [0, 0.1) is 23.6 Å². The molecule has 3 aliphatic carbocycles. The number of hydrogen-bond acceptors (Lipinski definition) is 10. The van der Waals surface area contributed by atoms with Crippen molar-refractivity contribution >= 4 is 35.8 Å². The van der Waals surface area contributed by atoms with Gasteiger partial charge in [0.05, 0.1) is 16.1 Å². The summed E-state index contributed by atoms with van der Waals surface area (Å²) in [6.07, 6.45) is 0.285. The molecule has 3 aliphatic rings. The fourth-order valence-corrected chi connectivity index (χ4v) is 12.2. The van der Waals surface area contributed by atoms with E-state index in [1.807, 2.05) is 107 Å². The lowest BCUT2D eigenvalue weighted by atomic mass is 9.58. The number of ketones is 2. The van der Waals surface area contributed by atoms with Crippen LogP contribution in [0.2, 0.25) is 18.1 Å². The first-order valence-corrected chi connectivity index (χ1v) is 25.8. The van der Waals surface area contributed by atoms with Gasteiger partial charge in [-0.3, -0.25) is 19.4 Å². The molecule has 7 rings (SSSR count). The van der Waals surface area contributed by atoms with E-state index in [2.05, 4.69) is 67.5 Å². The summed E-state index contributed by atoms with van der Waals surface area (Å²) in [4.78, 5) is 35.5. The van der Waals surface area contributed by atoms with Gasteiger partial charge in [0, 0.05) is 34.7 Å².